The van der Waals surface area contributed by atoms with Gasteiger partial charge in [0.15, 0.2) is 23.4 Å². The lowest BCUT2D eigenvalue weighted by atomic mass is 9.72. The molecule has 6 aromatic rings. The summed E-state index contributed by atoms with van der Waals surface area (Å²) in [5.41, 5.74) is 7.78. The number of aliphatic hydroxyl groups excluding tert-OH is 1. The van der Waals surface area contributed by atoms with E-state index in [0.29, 0.717) is 23.0 Å². The second kappa shape index (κ2) is 11.1. The number of ether oxygens (including phenoxy) is 1. The molecule has 3 aromatic carbocycles. The van der Waals surface area contributed by atoms with Crippen molar-refractivity contribution in [2.75, 3.05) is 5.32 Å². The van der Waals surface area contributed by atoms with E-state index < -0.39 is 41.6 Å². The summed E-state index contributed by atoms with van der Waals surface area (Å²) in [6.07, 6.45) is 1.92. The molecule has 2 unspecified atom stereocenters. The monoisotopic (exact) mass is 710 g/mol. The predicted octanol–water partition coefficient (Wildman–Crippen LogP) is 6.12. The average Bonchev–Trinajstić information content (AvgIpc) is 3.96. The van der Waals surface area contributed by atoms with Gasteiger partial charge in [-0.2, -0.15) is 0 Å². The van der Waals surface area contributed by atoms with E-state index >= 15 is 0 Å². The SMILES string of the molecule is Cc1ccc2c3c(c[nH]c13)-c1cnc(o1)-c1nc3oc1C14c5cc(ccc5O[C@@H]1Nc1c-2cccc14)CC(NC(=O)[C@@H](O)C(C)C)C(=O)N[C@H]3C(C)C. The Morgan fingerprint density at radius 3 is 2.68 bits per heavy atom. The third kappa shape index (κ3) is 4.32. The van der Waals surface area contributed by atoms with Gasteiger partial charge in [-0.3, -0.25) is 9.59 Å². The number of para-hydroxylation sites is 1. The minimum atomic E-state index is -1.28. The summed E-state index contributed by atoms with van der Waals surface area (Å²) >= 11 is 0. The summed E-state index contributed by atoms with van der Waals surface area (Å²) in [5, 5.41) is 21.4. The molecule has 5 N–H and O–H groups in total. The van der Waals surface area contributed by atoms with Gasteiger partial charge in [0.05, 0.1) is 6.20 Å². The largest absolute Gasteiger partial charge is 0.469 e. The summed E-state index contributed by atoms with van der Waals surface area (Å²) in [6.45, 7) is 9.53. The van der Waals surface area contributed by atoms with E-state index in [1.165, 1.54) is 0 Å². The molecule has 12 nitrogen and oxygen atoms in total. The van der Waals surface area contributed by atoms with Crippen LogP contribution < -0.4 is 20.7 Å². The Hall–Kier alpha value is -5.88. The van der Waals surface area contributed by atoms with E-state index in [0.717, 1.165) is 55.5 Å². The quantitative estimate of drug-likeness (QED) is 0.145. The second-order valence-corrected chi connectivity index (χ2v) is 15.3. The molecular weight excluding hydrogens is 672 g/mol. The smallest absolute Gasteiger partial charge is 0.249 e. The Morgan fingerprint density at radius 1 is 1.02 bits per heavy atom. The molecular formula is C41H38N6O6. The first-order valence-corrected chi connectivity index (χ1v) is 18.1. The molecule has 3 aromatic heterocycles. The first-order valence-electron chi connectivity index (χ1n) is 18.1. The van der Waals surface area contributed by atoms with Crippen LogP contribution in [0.3, 0.4) is 0 Å². The van der Waals surface area contributed by atoms with Crippen LogP contribution in [-0.2, 0) is 21.4 Å². The molecule has 7 heterocycles. The molecule has 0 radical (unpaired) electrons. The number of anilines is 1. The zero-order chi connectivity index (χ0) is 36.5. The first-order chi connectivity index (χ1) is 25.5. The number of nitrogens with one attached hydrogen (secondary N) is 4. The molecule has 10 rings (SSSR count). The fourth-order valence-electron chi connectivity index (χ4n) is 8.62. The van der Waals surface area contributed by atoms with Crippen LogP contribution in [0.2, 0.25) is 0 Å². The van der Waals surface area contributed by atoms with Crippen LogP contribution in [0.15, 0.2) is 69.8 Å². The van der Waals surface area contributed by atoms with Gasteiger partial charge in [0.2, 0.25) is 23.6 Å². The number of rotatable bonds is 4. The lowest BCUT2D eigenvalue weighted by Crippen LogP contribution is -2.52. The van der Waals surface area contributed by atoms with Gasteiger partial charge in [-0.1, -0.05) is 70.2 Å². The zero-order valence-electron chi connectivity index (χ0n) is 29.8. The third-order valence-corrected chi connectivity index (χ3v) is 11.4. The van der Waals surface area contributed by atoms with Gasteiger partial charge >= 0.3 is 0 Å². The summed E-state index contributed by atoms with van der Waals surface area (Å²) in [6, 6.07) is 14.7. The highest BCUT2D eigenvalue weighted by molar-refractivity contribution is 6.08. The van der Waals surface area contributed by atoms with Gasteiger partial charge < -0.3 is 39.6 Å². The van der Waals surface area contributed by atoms with Crippen molar-refractivity contribution in [3.63, 3.8) is 0 Å². The molecule has 2 amide bonds. The number of aromatic nitrogens is 3. The number of carbonyl (C=O) groups is 2. The first kappa shape index (κ1) is 31.8. The lowest BCUT2D eigenvalue weighted by Gasteiger charge is -2.29. The summed E-state index contributed by atoms with van der Waals surface area (Å²) in [7, 11) is 0. The highest BCUT2D eigenvalue weighted by Crippen LogP contribution is 2.61. The van der Waals surface area contributed by atoms with Gasteiger partial charge in [-0.15, -0.1) is 0 Å². The van der Waals surface area contributed by atoms with E-state index in [9.17, 15) is 14.7 Å². The van der Waals surface area contributed by atoms with Crippen molar-refractivity contribution in [1.29, 1.82) is 0 Å². The van der Waals surface area contributed by atoms with Crippen LogP contribution in [0, 0.1) is 18.8 Å². The number of benzene rings is 3. The number of oxazole rings is 2. The molecule has 0 saturated carbocycles. The summed E-state index contributed by atoms with van der Waals surface area (Å²) in [4.78, 5) is 40.8. The molecule has 268 valence electrons. The van der Waals surface area contributed by atoms with Gasteiger partial charge in [-0.25, -0.2) is 9.97 Å². The molecule has 12 heteroatoms. The molecule has 4 aliphatic rings. The number of nitrogens with zero attached hydrogens (tertiary/aromatic N) is 2. The Labute approximate surface area is 304 Å². The van der Waals surface area contributed by atoms with Crippen molar-refractivity contribution < 1.29 is 28.3 Å². The van der Waals surface area contributed by atoms with Crippen molar-refractivity contribution in [1.82, 2.24) is 25.6 Å². The van der Waals surface area contributed by atoms with Crippen LogP contribution in [-0.4, -0.2) is 50.2 Å². The number of amides is 2. The lowest BCUT2D eigenvalue weighted by molar-refractivity contribution is -0.135. The molecule has 10 bridgehead atoms. The highest BCUT2D eigenvalue weighted by atomic mass is 16.5. The van der Waals surface area contributed by atoms with E-state index in [1.54, 1.807) is 20.0 Å². The Balaban J connectivity index is 1.28. The van der Waals surface area contributed by atoms with Gasteiger partial charge in [0.25, 0.3) is 0 Å². The Bertz CT molecular complexity index is 2530. The van der Waals surface area contributed by atoms with E-state index in [1.807, 2.05) is 38.2 Å². The molecule has 0 fully saturated rings. The standard InChI is InChI=1S/C41H38N6O6/c1-17(2)30-39-46-33-35(53-39)41-24-8-6-7-22(21-11-9-19(5)31-29(21)23(15-42-31)28-16-43-38(33)51-28)32(24)47-40(41)52-27-12-10-20(13-25(27)41)14-26(36(49)45-30)44-37(50)34(48)18(3)4/h6-13,15-18,26,30,34,40,42,47-48H,14H2,1-5H3,(H,44,50)(H,45,49)/t26?,30-,34-,40-,41?/m0/s1. The maximum atomic E-state index is 14.2. The number of carbonyl (C=O) groups excluding carboxylic acids is 2. The van der Waals surface area contributed by atoms with Crippen LogP contribution in [0.4, 0.5) is 5.69 Å². The minimum Gasteiger partial charge on any atom is -0.469 e. The normalized spacial score (nSPS) is 22.4. The Morgan fingerprint density at radius 2 is 1.87 bits per heavy atom. The predicted molar refractivity (Wildman–Crippen MR) is 196 cm³/mol. The maximum Gasteiger partial charge on any atom is 0.249 e. The van der Waals surface area contributed by atoms with Gasteiger partial charge in [0, 0.05) is 51.5 Å². The van der Waals surface area contributed by atoms with Crippen molar-refractivity contribution in [2.24, 2.45) is 11.8 Å². The number of aryl methyl sites for hydroxylation is 1. The second-order valence-electron chi connectivity index (χ2n) is 15.3. The summed E-state index contributed by atoms with van der Waals surface area (Å²) < 4.78 is 20.5. The molecule has 53 heavy (non-hydrogen) atoms. The number of fused-ring (bicyclic) bond motifs is 7. The number of hydrogen-bond donors (Lipinski definition) is 5. The van der Waals surface area contributed by atoms with Crippen molar-refractivity contribution in [3.05, 3.63) is 94.8 Å². The van der Waals surface area contributed by atoms with Crippen molar-refractivity contribution in [3.8, 4) is 39.8 Å². The van der Waals surface area contributed by atoms with Crippen molar-refractivity contribution in [2.45, 2.75) is 70.9 Å². The molecule has 1 spiro atoms. The van der Waals surface area contributed by atoms with Gasteiger partial charge in [0.1, 0.15) is 29.4 Å². The maximum absolute atomic E-state index is 14.2. The number of hydrogen-bond acceptors (Lipinski definition) is 9. The third-order valence-electron chi connectivity index (χ3n) is 11.4. The highest BCUT2D eigenvalue weighted by Gasteiger charge is 2.61. The van der Waals surface area contributed by atoms with Crippen molar-refractivity contribution >= 4 is 28.4 Å². The molecule has 5 atom stereocenters. The van der Waals surface area contributed by atoms with Gasteiger partial charge in [-0.05, 0) is 41.5 Å². The molecule has 4 aliphatic heterocycles. The molecule has 0 aliphatic carbocycles. The number of H-pyrrole nitrogens is 1. The van der Waals surface area contributed by atoms with E-state index in [2.05, 4.69) is 58.2 Å². The van der Waals surface area contributed by atoms with Crippen LogP contribution in [0.25, 0.3) is 44.9 Å². The van der Waals surface area contributed by atoms with Crippen LogP contribution in [0.5, 0.6) is 5.75 Å². The van der Waals surface area contributed by atoms with Crippen LogP contribution in [0.1, 0.15) is 67.6 Å². The summed E-state index contributed by atoms with van der Waals surface area (Å²) in [5.74, 6) is 0.700. The Kier molecular flexibility index (Phi) is 6.64. The topological polar surface area (TPSA) is 168 Å². The molecule has 0 saturated heterocycles. The van der Waals surface area contributed by atoms with Crippen LogP contribution >= 0.6 is 0 Å². The van der Waals surface area contributed by atoms with E-state index in [4.69, 9.17) is 23.5 Å². The average molecular weight is 711 g/mol. The number of aliphatic hydroxyl groups is 1. The van der Waals surface area contributed by atoms with E-state index in [-0.39, 0.29) is 30.0 Å². The zero-order valence-corrected chi connectivity index (χ0v) is 29.8. The fourth-order valence-corrected chi connectivity index (χ4v) is 8.62. The number of aromatic amines is 1. The minimum absolute atomic E-state index is 0.168. The fraction of sp³-hybridized carbons (Fsp3) is 0.317.